The van der Waals surface area contributed by atoms with Gasteiger partial charge in [0, 0.05) is 41.5 Å². The standard InChI is InChI=1S/C21H36N2O8Si2/c1-28-32(5,29-2)11-7-9-22-18(24)14-13-15-17(16(14)20(22)26)21(27)23(19(15)25)10-8-12-33(6,30-3)31-4/h14-17H,7-13H2,1-6H3. The van der Waals surface area contributed by atoms with Crippen molar-refractivity contribution in [3.05, 3.63) is 0 Å². The molecular formula is C21H36N2O8Si2. The summed E-state index contributed by atoms with van der Waals surface area (Å²) in [5.41, 5.74) is 0. The average Bonchev–Trinajstić information content (AvgIpc) is 3.39. The maximum atomic E-state index is 13.2. The monoisotopic (exact) mass is 500 g/mol. The lowest BCUT2D eigenvalue weighted by Gasteiger charge is -2.24. The SMILES string of the molecule is CO[Si](C)(CCCN1C(=O)C2CC3C(=O)N(CCC[Si](C)(OC)OC)C(=O)C3C2C1=O)OC. The molecule has 0 spiro atoms. The summed E-state index contributed by atoms with van der Waals surface area (Å²) in [6, 6.07) is 1.30. The fraction of sp³-hybridized carbons (Fsp3) is 0.810. The third-order valence-corrected chi connectivity index (χ3v) is 13.8. The molecular weight excluding hydrogens is 464 g/mol. The van der Waals surface area contributed by atoms with E-state index in [9.17, 15) is 19.2 Å². The first kappa shape index (κ1) is 26.2. The molecule has 0 radical (unpaired) electrons. The largest absolute Gasteiger partial charge is 0.398 e. The molecule has 2 heterocycles. The minimum atomic E-state index is -2.29. The molecule has 12 heteroatoms. The highest BCUT2D eigenvalue weighted by atomic mass is 28.4. The van der Waals surface area contributed by atoms with Crippen LogP contribution in [0.5, 0.6) is 0 Å². The Hall–Kier alpha value is -1.45. The van der Waals surface area contributed by atoms with Crippen molar-refractivity contribution in [1.29, 1.82) is 0 Å². The lowest BCUT2D eigenvalue weighted by atomic mass is 9.89. The molecule has 0 aromatic rings. The van der Waals surface area contributed by atoms with Crippen molar-refractivity contribution in [1.82, 2.24) is 9.80 Å². The molecule has 186 valence electrons. The van der Waals surface area contributed by atoms with E-state index < -0.39 is 40.8 Å². The number of hydrogen-bond acceptors (Lipinski definition) is 8. The van der Waals surface area contributed by atoms with Gasteiger partial charge in [0.1, 0.15) is 0 Å². The van der Waals surface area contributed by atoms with Gasteiger partial charge in [0.25, 0.3) is 0 Å². The van der Waals surface area contributed by atoms with E-state index in [2.05, 4.69) is 0 Å². The molecule has 4 amide bonds. The molecule has 0 aromatic carbocycles. The molecule has 3 aliphatic rings. The lowest BCUT2D eigenvalue weighted by Crippen LogP contribution is -2.39. The number of nitrogens with zero attached hydrogens (tertiary/aromatic N) is 2. The van der Waals surface area contributed by atoms with Crippen molar-refractivity contribution >= 4 is 40.8 Å². The van der Waals surface area contributed by atoms with Gasteiger partial charge < -0.3 is 17.7 Å². The molecule has 1 aliphatic carbocycles. The zero-order valence-corrected chi connectivity index (χ0v) is 22.4. The topological polar surface area (TPSA) is 112 Å². The van der Waals surface area contributed by atoms with E-state index in [0.717, 1.165) is 0 Å². The van der Waals surface area contributed by atoms with E-state index in [-0.39, 0.29) is 43.1 Å². The van der Waals surface area contributed by atoms with E-state index >= 15 is 0 Å². The summed E-state index contributed by atoms with van der Waals surface area (Å²) in [6.45, 7) is 4.42. The van der Waals surface area contributed by atoms with Crippen LogP contribution in [-0.2, 0) is 36.9 Å². The molecule has 2 saturated heterocycles. The zero-order valence-electron chi connectivity index (χ0n) is 20.4. The molecule has 33 heavy (non-hydrogen) atoms. The molecule has 3 fully saturated rings. The van der Waals surface area contributed by atoms with E-state index in [1.54, 1.807) is 28.4 Å². The van der Waals surface area contributed by atoms with Gasteiger partial charge in [0.2, 0.25) is 23.6 Å². The number of rotatable bonds is 12. The molecule has 4 atom stereocenters. The van der Waals surface area contributed by atoms with E-state index in [0.29, 0.717) is 24.9 Å². The van der Waals surface area contributed by atoms with Crippen LogP contribution >= 0.6 is 0 Å². The maximum absolute atomic E-state index is 13.2. The molecule has 1 saturated carbocycles. The van der Waals surface area contributed by atoms with Gasteiger partial charge in [0.05, 0.1) is 23.7 Å². The highest BCUT2D eigenvalue weighted by molar-refractivity contribution is 6.66. The predicted octanol–water partition coefficient (Wildman–Crippen LogP) is 1.10. The van der Waals surface area contributed by atoms with Crippen LogP contribution < -0.4 is 0 Å². The third-order valence-electron chi connectivity index (χ3n) is 7.78. The van der Waals surface area contributed by atoms with Crippen LogP contribution in [-0.4, -0.2) is 92.1 Å². The van der Waals surface area contributed by atoms with Gasteiger partial charge in [-0.1, -0.05) is 0 Å². The van der Waals surface area contributed by atoms with Crippen LogP contribution in [0, 0.1) is 23.7 Å². The van der Waals surface area contributed by atoms with Gasteiger partial charge in [0.15, 0.2) is 0 Å². The number of likely N-dealkylation sites (tertiary alicyclic amines) is 2. The van der Waals surface area contributed by atoms with Gasteiger partial charge in [-0.3, -0.25) is 29.0 Å². The summed E-state index contributed by atoms with van der Waals surface area (Å²) in [6.07, 6.45) is 1.43. The predicted molar refractivity (Wildman–Crippen MR) is 122 cm³/mol. The van der Waals surface area contributed by atoms with E-state index in [4.69, 9.17) is 17.7 Å². The lowest BCUT2D eigenvalue weighted by molar-refractivity contribution is -0.144. The Balaban J connectivity index is 1.63. The van der Waals surface area contributed by atoms with Gasteiger partial charge in [-0.2, -0.15) is 0 Å². The Bertz CT molecular complexity index is 737. The molecule has 0 N–H and O–H groups in total. The smallest absolute Gasteiger partial charge is 0.334 e. The number of carbonyl (C=O) groups excluding carboxylic acids is 4. The fourth-order valence-corrected chi connectivity index (χ4v) is 8.09. The summed E-state index contributed by atoms with van der Waals surface area (Å²) in [5.74, 6) is -3.76. The van der Waals surface area contributed by atoms with Gasteiger partial charge in [-0.15, -0.1) is 0 Å². The number of fused-ring (bicyclic) bond motifs is 3. The van der Waals surface area contributed by atoms with Crippen molar-refractivity contribution in [2.45, 2.75) is 44.4 Å². The maximum Gasteiger partial charge on any atom is 0.334 e. The Kier molecular flexibility index (Phi) is 7.96. The van der Waals surface area contributed by atoms with Gasteiger partial charge >= 0.3 is 17.1 Å². The van der Waals surface area contributed by atoms with Crippen LogP contribution in [0.1, 0.15) is 19.3 Å². The van der Waals surface area contributed by atoms with Crippen LogP contribution in [0.15, 0.2) is 0 Å². The first-order valence-electron chi connectivity index (χ1n) is 11.5. The average molecular weight is 501 g/mol. The Morgan fingerprint density at radius 1 is 0.667 bits per heavy atom. The van der Waals surface area contributed by atoms with Crippen molar-refractivity contribution < 1.29 is 36.9 Å². The minimum Gasteiger partial charge on any atom is -0.398 e. The number of carbonyl (C=O) groups is 4. The summed E-state index contributed by atoms with van der Waals surface area (Å²) >= 11 is 0. The molecule has 0 aromatic heterocycles. The molecule has 3 rings (SSSR count). The highest BCUT2D eigenvalue weighted by Gasteiger charge is 2.65. The summed E-state index contributed by atoms with van der Waals surface area (Å²) in [5, 5.41) is 0. The molecule has 2 aliphatic heterocycles. The second-order valence-corrected chi connectivity index (χ2v) is 16.6. The number of amides is 4. The second-order valence-electron chi connectivity index (χ2n) is 9.45. The van der Waals surface area contributed by atoms with E-state index in [1.165, 1.54) is 9.80 Å². The van der Waals surface area contributed by atoms with Crippen LogP contribution in [0.4, 0.5) is 0 Å². The second kappa shape index (κ2) is 10.0. The van der Waals surface area contributed by atoms with Crippen molar-refractivity contribution in [3.63, 3.8) is 0 Å². The van der Waals surface area contributed by atoms with Crippen LogP contribution in [0.3, 0.4) is 0 Å². The van der Waals surface area contributed by atoms with Crippen molar-refractivity contribution in [3.8, 4) is 0 Å². The van der Waals surface area contributed by atoms with Crippen molar-refractivity contribution in [2.75, 3.05) is 41.5 Å². The highest BCUT2D eigenvalue weighted by Crippen LogP contribution is 2.51. The van der Waals surface area contributed by atoms with Crippen molar-refractivity contribution in [2.24, 2.45) is 23.7 Å². The fourth-order valence-electron chi connectivity index (χ4n) is 5.34. The van der Waals surface area contributed by atoms with Crippen LogP contribution in [0.2, 0.25) is 25.2 Å². The van der Waals surface area contributed by atoms with Gasteiger partial charge in [-0.25, -0.2) is 0 Å². The van der Waals surface area contributed by atoms with E-state index in [1.807, 2.05) is 13.1 Å². The van der Waals surface area contributed by atoms with Crippen LogP contribution in [0.25, 0.3) is 0 Å². The number of hydrogen-bond donors (Lipinski definition) is 0. The first-order valence-corrected chi connectivity index (χ1v) is 16.5. The Morgan fingerprint density at radius 3 is 1.30 bits per heavy atom. The first-order chi connectivity index (χ1) is 15.6. The number of imide groups is 2. The summed E-state index contributed by atoms with van der Waals surface area (Å²) < 4.78 is 21.9. The normalized spacial score (nSPS) is 27.7. The molecule has 4 unspecified atom stereocenters. The quantitative estimate of drug-likeness (QED) is 0.289. The molecule has 10 nitrogen and oxygen atoms in total. The zero-order chi connectivity index (χ0) is 24.6. The summed E-state index contributed by atoms with van der Waals surface area (Å²) in [4.78, 5) is 54.8. The van der Waals surface area contributed by atoms with Gasteiger partial charge in [-0.05, 0) is 44.4 Å². The third kappa shape index (κ3) is 4.73. The minimum absolute atomic E-state index is 0.258. The Morgan fingerprint density at radius 2 is 1.00 bits per heavy atom. The molecule has 0 bridgehead atoms. The summed E-state index contributed by atoms with van der Waals surface area (Å²) in [7, 11) is 1.83. The Labute approximate surface area is 197 Å².